The zero-order valence-corrected chi connectivity index (χ0v) is 18.1. The van der Waals surface area contributed by atoms with Gasteiger partial charge in [-0.25, -0.2) is 13.2 Å². The lowest BCUT2D eigenvalue weighted by atomic mass is 9.96. The van der Waals surface area contributed by atoms with Crippen molar-refractivity contribution in [3.05, 3.63) is 34.7 Å². The number of nitrogens with zero attached hydrogens (tertiary/aromatic N) is 2. The molecule has 10 nitrogen and oxygen atoms in total. The van der Waals surface area contributed by atoms with Gasteiger partial charge in [-0.05, 0) is 37.8 Å². The average Bonchev–Trinajstić information content (AvgIpc) is 3.23. The SMILES string of the molecule is NC1(CN2CCC(n3c(=O)[nH]c4ccccc43)CC2)CCCC1.O=C(O)CS(=O)(=O)[O-]. The van der Waals surface area contributed by atoms with Crippen LogP contribution in [0.25, 0.3) is 11.0 Å². The lowest BCUT2D eigenvalue weighted by Gasteiger charge is -2.37. The van der Waals surface area contributed by atoms with E-state index in [9.17, 15) is 22.6 Å². The van der Waals surface area contributed by atoms with Crippen molar-refractivity contribution in [2.24, 2.45) is 5.73 Å². The van der Waals surface area contributed by atoms with Crippen LogP contribution in [-0.2, 0) is 14.9 Å². The van der Waals surface area contributed by atoms with Crippen LogP contribution in [0.2, 0.25) is 0 Å². The van der Waals surface area contributed by atoms with Crippen LogP contribution >= 0.6 is 0 Å². The summed E-state index contributed by atoms with van der Waals surface area (Å²) in [6.45, 7) is 3.09. The topological polar surface area (TPSA) is 162 Å². The third-order valence-electron chi connectivity index (χ3n) is 5.98. The molecule has 1 aromatic heterocycles. The molecule has 4 rings (SSSR count). The number of imidazole rings is 1. The number of benzene rings is 1. The summed E-state index contributed by atoms with van der Waals surface area (Å²) in [6.07, 6.45) is 6.93. The number of piperidine rings is 1. The van der Waals surface area contributed by atoms with Crippen LogP contribution in [0.3, 0.4) is 0 Å². The van der Waals surface area contributed by atoms with Crippen molar-refractivity contribution in [1.29, 1.82) is 0 Å². The molecule has 2 fully saturated rings. The summed E-state index contributed by atoms with van der Waals surface area (Å²) < 4.78 is 30.5. The normalized spacial score (nSPS) is 19.8. The van der Waals surface area contributed by atoms with Gasteiger partial charge in [-0.2, -0.15) is 0 Å². The molecule has 0 unspecified atom stereocenters. The molecule has 0 radical (unpaired) electrons. The highest BCUT2D eigenvalue weighted by molar-refractivity contribution is 7.86. The number of carbonyl (C=O) groups is 1. The Hall–Kier alpha value is -2.21. The number of hydrogen-bond donors (Lipinski definition) is 3. The Balaban J connectivity index is 0.000000293. The monoisotopic (exact) mass is 453 g/mol. The molecule has 1 aliphatic heterocycles. The fourth-order valence-corrected chi connectivity index (χ4v) is 4.91. The number of carboxylic acids is 1. The van der Waals surface area contributed by atoms with Gasteiger partial charge in [0.2, 0.25) is 0 Å². The summed E-state index contributed by atoms with van der Waals surface area (Å²) in [5, 5.41) is 7.67. The standard InChI is InChI=1S/C18H26N4O.C2H4O5S/c19-18(9-3-4-10-18)13-21-11-7-14(8-12-21)22-16-6-2-1-5-15(16)20-17(22)23;3-2(4)1-8(5,6)7/h1-2,5-6,14H,3-4,7-13,19H2,(H,20,23);1H2,(H,3,4)(H,5,6,7)/p-1. The number of para-hydroxylation sites is 2. The highest BCUT2D eigenvalue weighted by atomic mass is 32.2. The molecule has 1 aromatic carbocycles. The average molecular weight is 454 g/mol. The maximum atomic E-state index is 12.3. The zero-order valence-electron chi connectivity index (χ0n) is 17.3. The predicted molar refractivity (Wildman–Crippen MR) is 115 cm³/mol. The van der Waals surface area contributed by atoms with E-state index in [0.29, 0.717) is 6.04 Å². The fourth-order valence-electron chi connectivity index (χ4n) is 4.61. The van der Waals surface area contributed by atoms with Gasteiger partial charge in [-0.3, -0.25) is 9.36 Å². The molecule has 0 atom stereocenters. The van der Waals surface area contributed by atoms with Crippen LogP contribution in [0.1, 0.15) is 44.6 Å². The number of H-pyrrole nitrogens is 1. The van der Waals surface area contributed by atoms with Crippen LogP contribution < -0.4 is 11.4 Å². The van der Waals surface area contributed by atoms with Gasteiger partial charge < -0.3 is 25.3 Å². The van der Waals surface area contributed by atoms with Gasteiger partial charge in [0.25, 0.3) is 0 Å². The quantitative estimate of drug-likeness (QED) is 0.561. The summed E-state index contributed by atoms with van der Waals surface area (Å²) in [6, 6.07) is 8.27. The van der Waals surface area contributed by atoms with Crippen molar-refractivity contribution in [2.75, 3.05) is 25.4 Å². The summed E-state index contributed by atoms with van der Waals surface area (Å²) in [5.74, 6) is -2.97. The second-order valence-corrected chi connectivity index (χ2v) is 9.89. The van der Waals surface area contributed by atoms with Gasteiger partial charge in [0.15, 0.2) is 0 Å². The van der Waals surface area contributed by atoms with E-state index in [-0.39, 0.29) is 11.2 Å². The molecule has 0 bridgehead atoms. The van der Waals surface area contributed by atoms with E-state index in [1.165, 1.54) is 12.8 Å². The fraction of sp³-hybridized carbons (Fsp3) is 0.600. The third kappa shape index (κ3) is 6.39. The van der Waals surface area contributed by atoms with Crippen LogP contribution in [0.4, 0.5) is 0 Å². The Morgan fingerprint density at radius 3 is 2.39 bits per heavy atom. The number of aromatic nitrogens is 2. The maximum absolute atomic E-state index is 12.3. The Kier molecular flexibility index (Phi) is 7.20. The molecule has 2 aliphatic rings. The third-order valence-corrected chi connectivity index (χ3v) is 6.58. The van der Waals surface area contributed by atoms with Gasteiger partial charge >= 0.3 is 11.7 Å². The van der Waals surface area contributed by atoms with Gasteiger partial charge in [-0.15, -0.1) is 0 Å². The first kappa shape index (κ1) is 23.5. The van der Waals surface area contributed by atoms with Crippen LogP contribution in [0, 0.1) is 0 Å². The maximum Gasteiger partial charge on any atom is 0.326 e. The highest BCUT2D eigenvalue weighted by Gasteiger charge is 2.33. The summed E-state index contributed by atoms with van der Waals surface area (Å²) >= 11 is 0. The molecule has 0 spiro atoms. The molecule has 2 aromatic rings. The van der Waals surface area contributed by atoms with Crippen molar-refractivity contribution in [1.82, 2.24) is 14.5 Å². The van der Waals surface area contributed by atoms with E-state index in [1.54, 1.807) is 0 Å². The first-order valence-corrected chi connectivity index (χ1v) is 12.0. The smallest absolute Gasteiger partial charge is 0.326 e. The Labute approximate surface area is 180 Å². The van der Waals surface area contributed by atoms with Crippen LogP contribution in [-0.4, -0.2) is 69.4 Å². The summed E-state index contributed by atoms with van der Waals surface area (Å²) in [5.41, 5.74) is 8.54. The van der Waals surface area contributed by atoms with Crippen LogP contribution in [0.5, 0.6) is 0 Å². The van der Waals surface area contributed by atoms with E-state index in [2.05, 4.69) is 9.88 Å². The van der Waals surface area contributed by atoms with E-state index in [1.807, 2.05) is 28.8 Å². The predicted octanol–water partition coefficient (Wildman–Crippen LogP) is 0.854. The molecule has 1 saturated carbocycles. The van der Waals surface area contributed by atoms with Gasteiger partial charge in [0.05, 0.1) is 11.0 Å². The Morgan fingerprint density at radius 1 is 1.23 bits per heavy atom. The van der Waals surface area contributed by atoms with Crippen molar-refractivity contribution >= 4 is 27.1 Å². The van der Waals surface area contributed by atoms with Gasteiger partial charge in [-0.1, -0.05) is 25.0 Å². The Morgan fingerprint density at radius 2 is 1.84 bits per heavy atom. The summed E-state index contributed by atoms with van der Waals surface area (Å²) in [4.78, 5) is 27.2. The molecule has 31 heavy (non-hydrogen) atoms. The number of aliphatic carboxylic acids is 1. The van der Waals surface area contributed by atoms with Crippen molar-refractivity contribution in [2.45, 2.75) is 50.1 Å². The first-order valence-electron chi connectivity index (χ1n) is 10.4. The zero-order chi connectivity index (χ0) is 22.6. The number of fused-ring (bicyclic) bond motifs is 1. The first-order chi connectivity index (χ1) is 14.6. The molecular formula is C20H29N4O6S-. The molecule has 172 valence electrons. The Bertz CT molecular complexity index is 1060. The minimum atomic E-state index is -4.57. The van der Waals surface area contributed by atoms with Crippen molar-refractivity contribution in [3.8, 4) is 0 Å². The van der Waals surface area contributed by atoms with Crippen molar-refractivity contribution in [3.63, 3.8) is 0 Å². The van der Waals surface area contributed by atoms with E-state index in [4.69, 9.17) is 10.8 Å². The molecule has 0 amide bonds. The number of carboxylic acid groups (broad SMARTS) is 1. The minimum Gasteiger partial charge on any atom is -0.748 e. The molecule has 2 heterocycles. The minimum absolute atomic E-state index is 0.0238. The van der Waals surface area contributed by atoms with Crippen molar-refractivity contribution < 1.29 is 22.9 Å². The number of nitrogens with two attached hydrogens (primary N) is 1. The lowest BCUT2D eigenvalue weighted by molar-refractivity contribution is -0.134. The van der Waals surface area contributed by atoms with E-state index < -0.39 is 21.8 Å². The van der Waals surface area contributed by atoms with Gasteiger partial charge in [0.1, 0.15) is 15.9 Å². The number of hydrogen-bond acceptors (Lipinski definition) is 7. The number of rotatable bonds is 5. The van der Waals surface area contributed by atoms with E-state index >= 15 is 0 Å². The lowest BCUT2D eigenvalue weighted by Crippen LogP contribution is -2.50. The number of aromatic amines is 1. The number of likely N-dealkylation sites (tertiary alicyclic amines) is 1. The molecular weight excluding hydrogens is 424 g/mol. The van der Waals surface area contributed by atoms with Crippen LogP contribution in [0.15, 0.2) is 29.1 Å². The molecule has 11 heteroatoms. The summed E-state index contributed by atoms with van der Waals surface area (Å²) in [7, 11) is -4.57. The second-order valence-electron chi connectivity index (χ2n) is 8.49. The molecule has 4 N–H and O–H groups in total. The van der Waals surface area contributed by atoms with E-state index in [0.717, 1.165) is 56.4 Å². The van der Waals surface area contributed by atoms with Gasteiger partial charge in [0, 0.05) is 31.2 Å². The highest BCUT2D eigenvalue weighted by Crippen LogP contribution is 2.30. The number of nitrogens with one attached hydrogen (secondary N) is 1. The molecule has 1 aliphatic carbocycles. The largest absolute Gasteiger partial charge is 0.748 e. The second kappa shape index (κ2) is 9.51. The molecule has 1 saturated heterocycles.